The van der Waals surface area contributed by atoms with Gasteiger partial charge in [-0.25, -0.2) is 0 Å². The third-order valence-corrected chi connectivity index (χ3v) is 6.53. The molecular weight excluding hydrogens is 422 g/mol. The lowest BCUT2D eigenvalue weighted by molar-refractivity contribution is 0.0951. The number of rotatable bonds is 10. The third-order valence-electron chi connectivity index (χ3n) is 6.53. The molecule has 1 saturated heterocycles. The molecule has 180 valence electrons. The number of nitrogens with one attached hydrogen (secondary N) is 1. The van der Waals surface area contributed by atoms with Crippen molar-refractivity contribution in [3.8, 4) is 0 Å². The number of piperazine rings is 1. The van der Waals surface area contributed by atoms with Crippen molar-refractivity contribution in [2.75, 3.05) is 39.3 Å². The number of amides is 1. The average molecular weight is 460 g/mol. The molecule has 0 spiro atoms. The molecule has 3 aromatic rings. The summed E-state index contributed by atoms with van der Waals surface area (Å²) in [7, 11) is 0. The Morgan fingerprint density at radius 1 is 0.853 bits per heavy atom. The molecule has 0 radical (unpaired) electrons. The van der Waals surface area contributed by atoms with Crippen LogP contribution in [-0.4, -0.2) is 64.8 Å². The van der Waals surface area contributed by atoms with E-state index in [1.807, 2.05) is 35.9 Å². The molecule has 0 bridgehead atoms. The maximum atomic E-state index is 12.6. The fraction of sp³-hybridized carbons (Fsp3) is 0.429. The average Bonchev–Trinajstić information content (AvgIpc) is 3.17. The van der Waals surface area contributed by atoms with Crippen molar-refractivity contribution in [3.63, 3.8) is 0 Å². The van der Waals surface area contributed by atoms with E-state index in [4.69, 9.17) is 0 Å². The first-order valence-electron chi connectivity index (χ1n) is 12.4. The van der Waals surface area contributed by atoms with Crippen molar-refractivity contribution in [2.45, 2.75) is 39.8 Å². The number of hydrogen-bond donors (Lipinski definition) is 1. The topological polar surface area (TPSA) is 53.4 Å². The van der Waals surface area contributed by atoms with Crippen LogP contribution in [0.4, 0.5) is 0 Å². The summed E-state index contributed by atoms with van der Waals surface area (Å²) >= 11 is 0. The number of carbonyl (C=O) groups excluding carboxylic acids is 1. The van der Waals surface area contributed by atoms with E-state index < -0.39 is 0 Å². The molecule has 1 amide bonds. The van der Waals surface area contributed by atoms with Gasteiger partial charge in [0.05, 0.1) is 12.2 Å². The molecule has 6 nitrogen and oxygen atoms in total. The van der Waals surface area contributed by atoms with Crippen molar-refractivity contribution in [3.05, 3.63) is 88.7 Å². The van der Waals surface area contributed by atoms with Crippen LogP contribution in [0.15, 0.2) is 60.7 Å². The fourth-order valence-electron chi connectivity index (χ4n) is 4.60. The number of unbranched alkanes of at least 4 members (excludes halogenated alkanes) is 1. The van der Waals surface area contributed by atoms with Crippen LogP contribution in [0, 0.1) is 13.8 Å². The lowest BCUT2D eigenvalue weighted by Crippen LogP contribution is -2.46. The van der Waals surface area contributed by atoms with Crippen LogP contribution in [0.2, 0.25) is 0 Å². The minimum absolute atomic E-state index is 0.00439. The van der Waals surface area contributed by atoms with Gasteiger partial charge in [-0.1, -0.05) is 42.5 Å². The standard InChI is InChI=1S/C28H37N5O/c1-23-19-24(2)33(30-23)22-26-11-8-12-27(20-26)28(34)29-13-6-7-14-31-15-17-32(18-16-31)21-25-9-4-3-5-10-25/h3-5,8-12,19-20H,6-7,13-18,21-22H2,1-2H3,(H,29,34). The van der Waals surface area contributed by atoms with Crippen LogP contribution in [0.25, 0.3) is 0 Å². The third kappa shape index (κ3) is 7.02. The summed E-state index contributed by atoms with van der Waals surface area (Å²) in [6.07, 6.45) is 2.11. The lowest BCUT2D eigenvalue weighted by atomic mass is 10.1. The summed E-state index contributed by atoms with van der Waals surface area (Å²) in [4.78, 5) is 17.7. The van der Waals surface area contributed by atoms with E-state index in [2.05, 4.69) is 63.5 Å². The molecule has 0 atom stereocenters. The molecule has 0 unspecified atom stereocenters. The van der Waals surface area contributed by atoms with Gasteiger partial charge in [0.1, 0.15) is 0 Å². The second kappa shape index (κ2) is 12.0. The Balaban J connectivity index is 1.12. The summed E-state index contributed by atoms with van der Waals surface area (Å²) in [5, 5.41) is 7.61. The molecule has 1 N–H and O–H groups in total. The minimum Gasteiger partial charge on any atom is -0.352 e. The Kier molecular flexibility index (Phi) is 8.50. The highest BCUT2D eigenvalue weighted by Crippen LogP contribution is 2.11. The van der Waals surface area contributed by atoms with Gasteiger partial charge in [0.15, 0.2) is 0 Å². The minimum atomic E-state index is 0.00439. The zero-order valence-electron chi connectivity index (χ0n) is 20.5. The zero-order valence-corrected chi connectivity index (χ0v) is 20.5. The van der Waals surface area contributed by atoms with Gasteiger partial charge in [-0.3, -0.25) is 14.4 Å². The van der Waals surface area contributed by atoms with Crippen LogP contribution in [-0.2, 0) is 13.1 Å². The molecule has 0 saturated carbocycles. The van der Waals surface area contributed by atoms with Crippen LogP contribution >= 0.6 is 0 Å². The molecule has 2 heterocycles. The molecule has 1 fully saturated rings. The normalized spacial score (nSPS) is 14.9. The van der Waals surface area contributed by atoms with E-state index in [0.717, 1.165) is 69.1 Å². The number of aromatic nitrogens is 2. The maximum absolute atomic E-state index is 12.6. The van der Waals surface area contributed by atoms with Gasteiger partial charge in [0, 0.05) is 50.5 Å². The Labute approximate surface area is 203 Å². The lowest BCUT2D eigenvalue weighted by Gasteiger charge is -2.34. The Morgan fingerprint density at radius 2 is 1.59 bits per heavy atom. The van der Waals surface area contributed by atoms with Crippen LogP contribution < -0.4 is 5.32 Å². The molecule has 6 heteroatoms. The van der Waals surface area contributed by atoms with Crippen molar-refractivity contribution in [2.24, 2.45) is 0 Å². The van der Waals surface area contributed by atoms with Crippen LogP contribution in [0.5, 0.6) is 0 Å². The van der Waals surface area contributed by atoms with Gasteiger partial charge in [0.25, 0.3) is 5.91 Å². The SMILES string of the molecule is Cc1cc(C)n(Cc2cccc(C(=O)NCCCCN3CCN(Cc4ccccc4)CC3)c2)n1. The van der Waals surface area contributed by atoms with E-state index in [-0.39, 0.29) is 5.91 Å². The smallest absolute Gasteiger partial charge is 0.251 e. The van der Waals surface area contributed by atoms with E-state index in [1.54, 1.807) is 0 Å². The molecule has 34 heavy (non-hydrogen) atoms. The van der Waals surface area contributed by atoms with Crippen LogP contribution in [0.3, 0.4) is 0 Å². The summed E-state index contributed by atoms with van der Waals surface area (Å²) in [6, 6.07) is 20.6. The number of benzene rings is 2. The Hall–Kier alpha value is -2.96. The molecule has 1 aliphatic rings. The van der Waals surface area contributed by atoms with Gasteiger partial charge in [0.2, 0.25) is 0 Å². The molecule has 0 aliphatic carbocycles. The number of carbonyl (C=O) groups is 1. The molecule has 1 aromatic heterocycles. The number of hydrogen-bond acceptors (Lipinski definition) is 4. The second-order valence-electron chi connectivity index (χ2n) is 9.35. The largest absolute Gasteiger partial charge is 0.352 e. The highest BCUT2D eigenvalue weighted by atomic mass is 16.1. The summed E-state index contributed by atoms with van der Waals surface area (Å²) in [5.41, 5.74) is 5.34. The van der Waals surface area contributed by atoms with Gasteiger partial charge < -0.3 is 10.2 Å². The molecule has 1 aliphatic heterocycles. The highest BCUT2D eigenvalue weighted by molar-refractivity contribution is 5.94. The van der Waals surface area contributed by atoms with Crippen molar-refractivity contribution < 1.29 is 4.79 Å². The van der Waals surface area contributed by atoms with Gasteiger partial charge >= 0.3 is 0 Å². The number of aryl methyl sites for hydroxylation is 2. The van der Waals surface area contributed by atoms with Gasteiger partial charge in [-0.2, -0.15) is 5.10 Å². The second-order valence-corrected chi connectivity index (χ2v) is 9.35. The van der Waals surface area contributed by atoms with Gasteiger partial charge in [-0.15, -0.1) is 0 Å². The maximum Gasteiger partial charge on any atom is 0.251 e. The van der Waals surface area contributed by atoms with Crippen molar-refractivity contribution in [1.82, 2.24) is 24.9 Å². The van der Waals surface area contributed by atoms with Crippen molar-refractivity contribution >= 4 is 5.91 Å². The first kappa shape index (κ1) is 24.2. The van der Waals surface area contributed by atoms with E-state index >= 15 is 0 Å². The fourth-order valence-corrected chi connectivity index (χ4v) is 4.60. The summed E-state index contributed by atoms with van der Waals surface area (Å²) in [5.74, 6) is 0.00439. The first-order chi connectivity index (χ1) is 16.6. The molecule has 2 aromatic carbocycles. The van der Waals surface area contributed by atoms with E-state index in [1.165, 1.54) is 5.56 Å². The zero-order chi connectivity index (χ0) is 23.8. The monoisotopic (exact) mass is 459 g/mol. The summed E-state index contributed by atoms with van der Waals surface area (Å²) in [6.45, 7) is 12.1. The highest BCUT2D eigenvalue weighted by Gasteiger charge is 2.16. The number of nitrogens with zero attached hydrogens (tertiary/aromatic N) is 4. The quantitative estimate of drug-likeness (QED) is 0.468. The Morgan fingerprint density at radius 3 is 2.32 bits per heavy atom. The molecular formula is C28H37N5O. The predicted octanol–water partition coefficient (Wildman–Crippen LogP) is 3.88. The van der Waals surface area contributed by atoms with E-state index in [9.17, 15) is 4.79 Å². The van der Waals surface area contributed by atoms with Crippen LogP contribution in [0.1, 0.15) is 45.7 Å². The predicted molar refractivity (Wildman–Crippen MR) is 137 cm³/mol. The molecule has 4 rings (SSSR count). The Bertz CT molecular complexity index is 1050. The summed E-state index contributed by atoms with van der Waals surface area (Å²) < 4.78 is 1.98. The van der Waals surface area contributed by atoms with Gasteiger partial charge in [-0.05, 0) is 62.6 Å². The first-order valence-corrected chi connectivity index (χ1v) is 12.4. The van der Waals surface area contributed by atoms with Crippen molar-refractivity contribution in [1.29, 1.82) is 0 Å². The van der Waals surface area contributed by atoms with E-state index in [0.29, 0.717) is 18.7 Å².